The van der Waals surface area contributed by atoms with E-state index in [1.54, 1.807) is 19.1 Å². The topological polar surface area (TPSA) is 26.3 Å². The highest BCUT2D eigenvalue weighted by molar-refractivity contribution is 6.30. The molecule has 0 N–H and O–H groups in total. The van der Waals surface area contributed by atoms with Crippen LogP contribution in [0.15, 0.2) is 18.2 Å². The van der Waals surface area contributed by atoms with Gasteiger partial charge < -0.3 is 4.74 Å². The van der Waals surface area contributed by atoms with Crippen LogP contribution in [0.1, 0.15) is 19.4 Å². The molecule has 0 bridgehead atoms. The lowest BCUT2D eigenvalue weighted by molar-refractivity contribution is -0.128. The summed E-state index contributed by atoms with van der Waals surface area (Å²) in [6.45, 7) is 3.93. The molecule has 0 spiro atoms. The van der Waals surface area contributed by atoms with Crippen molar-refractivity contribution in [1.29, 1.82) is 0 Å². The molecule has 0 aliphatic heterocycles. The van der Waals surface area contributed by atoms with E-state index in [9.17, 15) is 9.18 Å². The number of ketones is 1. The van der Waals surface area contributed by atoms with E-state index < -0.39 is 11.9 Å². The van der Waals surface area contributed by atoms with Crippen LogP contribution in [0.25, 0.3) is 0 Å². The zero-order valence-corrected chi connectivity index (χ0v) is 10.1. The second-order valence-electron chi connectivity index (χ2n) is 3.45. The van der Waals surface area contributed by atoms with Crippen LogP contribution in [0.4, 0.5) is 4.39 Å². The van der Waals surface area contributed by atoms with E-state index in [1.165, 1.54) is 6.07 Å². The summed E-state index contributed by atoms with van der Waals surface area (Å²) >= 11 is 5.62. The monoisotopic (exact) mass is 244 g/mol. The van der Waals surface area contributed by atoms with Crippen LogP contribution < -0.4 is 0 Å². The van der Waals surface area contributed by atoms with Gasteiger partial charge in [0.25, 0.3) is 0 Å². The molecule has 0 radical (unpaired) electrons. The first-order valence-electron chi connectivity index (χ1n) is 5.13. The van der Waals surface area contributed by atoms with Gasteiger partial charge in [0.2, 0.25) is 0 Å². The van der Waals surface area contributed by atoms with Crippen LogP contribution in [-0.2, 0) is 16.0 Å². The van der Waals surface area contributed by atoms with Gasteiger partial charge in [-0.1, -0.05) is 23.7 Å². The Labute approximate surface area is 99.4 Å². The zero-order valence-electron chi connectivity index (χ0n) is 9.30. The van der Waals surface area contributed by atoms with Gasteiger partial charge in [0.1, 0.15) is 11.9 Å². The van der Waals surface area contributed by atoms with E-state index in [1.807, 2.05) is 6.92 Å². The van der Waals surface area contributed by atoms with Crippen LogP contribution >= 0.6 is 11.6 Å². The Balaban J connectivity index is 2.73. The SMILES string of the molecule is CCOC(C)C(=O)Cc1cccc(Cl)c1F. The maximum atomic E-state index is 13.5. The van der Waals surface area contributed by atoms with Crippen LogP contribution in [0.3, 0.4) is 0 Å². The minimum atomic E-state index is -0.527. The number of carbonyl (C=O) groups excluding carboxylic acids is 1. The molecule has 1 aromatic carbocycles. The Kier molecular flexibility index (Phi) is 4.90. The number of carbonyl (C=O) groups is 1. The Hall–Kier alpha value is -0.930. The standard InChI is InChI=1S/C12H14ClFO2/c1-3-16-8(2)11(15)7-9-5-4-6-10(13)12(9)14/h4-6,8H,3,7H2,1-2H3. The second kappa shape index (κ2) is 5.97. The summed E-state index contributed by atoms with van der Waals surface area (Å²) < 4.78 is 18.6. The van der Waals surface area contributed by atoms with Crippen LogP contribution in [-0.4, -0.2) is 18.5 Å². The summed E-state index contributed by atoms with van der Waals surface area (Å²) in [6, 6.07) is 4.63. The van der Waals surface area contributed by atoms with Gasteiger partial charge in [-0.2, -0.15) is 0 Å². The maximum Gasteiger partial charge on any atom is 0.165 e. The lowest BCUT2D eigenvalue weighted by Crippen LogP contribution is -2.23. The minimum Gasteiger partial charge on any atom is -0.371 e. The maximum absolute atomic E-state index is 13.5. The first-order chi connectivity index (χ1) is 7.56. The molecule has 4 heteroatoms. The smallest absolute Gasteiger partial charge is 0.165 e. The predicted molar refractivity (Wildman–Crippen MR) is 61.2 cm³/mol. The molecule has 0 saturated carbocycles. The highest BCUT2D eigenvalue weighted by Gasteiger charge is 2.16. The number of hydrogen-bond donors (Lipinski definition) is 0. The molecule has 16 heavy (non-hydrogen) atoms. The summed E-state index contributed by atoms with van der Waals surface area (Å²) in [5.41, 5.74) is 0.309. The third kappa shape index (κ3) is 3.29. The van der Waals surface area contributed by atoms with Crippen molar-refractivity contribution in [2.45, 2.75) is 26.4 Å². The van der Waals surface area contributed by atoms with Gasteiger partial charge in [-0.25, -0.2) is 4.39 Å². The van der Waals surface area contributed by atoms with E-state index in [4.69, 9.17) is 16.3 Å². The van der Waals surface area contributed by atoms with Gasteiger partial charge in [-0.3, -0.25) is 4.79 Å². The van der Waals surface area contributed by atoms with Crippen molar-refractivity contribution in [3.05, 3.63) is 34.6 Å². The van der Waals surface area contributed by atoms with Gasteiger partial charge in [-0.05, 0) is 25.5 Å². The minimum absolute atomic E-state index is 0.00750. The third-order valence-corrected chi connectivity index (χ3v) is 2.56. The predicted octanol–water partition coefficient (Wildman–Crippen LogP) is 3.02. The van der Waals surface area contributed by atoms with E-state index >= 15 is 0 Å². The van der Waals surface area contributed by atoms with Crippen molar-refractivity contribution in [3.8, 4) is 0 Å². The summed E-state index contributed by atoms with van der Waals surface area (Å²) in [6.07, 6.45) is -0.503. The van der Waals surface area contributed by atoms with E-state index in [0.29, 0.717) is 12.2 Å². The van der Waals surface area contributed by atoms with E-state index in [0.717, 1.165) is 0 Å². The van der Waals surface area contributed by atoms with Gasteiger partial charge >= 0.3 is 0 Å². The zero-order chi connectivity index (χ0) is 12.1. The van der Waals surface area contributed by atoms with Gasteiger partial charge in [0, 0.05) is 13.0 Å². The molecule has 1 unspecified atom stereocenters. The molecule has 0 saturated heterocycles. The molecule has 1 rings (SSSR count). The lowest BCUT2D eigenvalue weighted by Gasteiger charge is -2.10. The largest absolute Gasteiger partial charge is 0.371 e. The summed E-state index contributed by atoms with van der Waals surface area (Å²) in [7, 11) is 0. The highest BCUT2D eigenvalue weighted by atomic mass is 35.5. The van der Waals surface area contributed by atoms with Crippen molar-refractivity contribution in [1.82, 2.24) is 0 Å². The molecule has 0 aliphatic rings. The van der Waals surface area contributed by atoms with Gasteiger partial charge in [0.15, 0.2) is 5.78 Å². The molecule has 0 aliphatic carbocycles. The van der Waals surface area contributed by atoms with Crippen LogP contribution in [0, 0.1) is 5.82 Å². The Morgan fingerprint density at radius 1 is 1.56 bits per heavy atom. The van der Waals surface area contributed by atoms with Crippen molar-refractivity contribution >= 4 is 17.4 Å². The first kappa shape index (κ1) is 13.1. The second-order valence-corrected chi connectivity index (χ2v) is 3.86. The molecular formula is C12H14ClFO2. The summed E-state index contributed by atoms with van der Waals surface area (Å²) in [5.74, 6) is -0.677. The van der Waals surface area contributed by atoms with Crippen LogP contribution in [0.5, 0.6) is 0 Å². The number of rotatable bonds is 5. The van der Waals surface area contributed by atoms with Crippen molar-refractivity contribution in [3.63, 3.8) is 0 Å². The van der Waals surface area contributed by atoms with Crippen LogP contribution in [0.2, 0.25) is 5.02 Å². The number of hydrogen-bond acceptors (Lipinski definition) is 2. The highest BCUT2D eigenvalue weighted by Crippen LogP contribution is 2.18. The van der Waals surface area contributed by atoms with Crippen molar-refractivity contribution < 1.29 is 13.9 Å². The fourth-order valence-corrected chi connectivity index (χ4v) is 1.55. The molecule has 1 aromatic rings. The Morgan fingerprint density at radius 2 is 2.25 bits per heavy atom. The number of ether oxygens (including phenoxy) is 1. The van der Waals surface area contributed by atoms with Crippen molar-refractivity contribution in [2.75, 3.05) is 6.61 Å². The third-order valence-electron chi connectivity index (χ3n) is 2.27. The fourth-order valence-electron chi connectivity index (χ4n) is 1.36. The fraction of sp³-hybridized carbons (Fsp3) is 0.417. The quantitative estimate of drug-likeness (QED) is 0.796. The molecule has 2 nitrogen and oxygen atoms in total. The average molecular weight is 245 g/mol. The van der Waals surface area contributed by atoms with Gasteiger partial charge in [0.05, 0.1) is 5.02 Å². The van der Waals surface area contributed by atoms with E-state index in [-0.39, 0.29) is 17.2 Å². The summed E-state index contributed by atoms with van der Waals surface area (Å²) in [4.78, 5) is 11.6. The first-order valence-corrected chi connectivity index (χ1v) is 5.51. The average Bonchev–Trinajstić information content (AvgIpc) is 2.25. The Bertz CT molecular complexity index is 379. The number of Topliss-reactive ketones (excluding diaryl/α,β-unsaturated/α-hetero) is 1. The molecule has 0 fully saturated rings. The normalized spacial score (nSPS) is 12.5. The molecule has 0 aromatic heterocycles. The number of halogens is 2. The molecule has 1 atom stereocenters. The lowest BCUT2D eigenvalue weighted by atomic mass is 10.1. The number of benzene rings is 1. The Morgan fingerprint density at radius 3 is 2.88 bits per heavy atom. The molecule has 0 heterocycles. The molecule has 88 valence electrons. The molecule has 0 amide bonds. The van der Waals surface area contributed by atoms with Gasteiger partial charge in [-0.15, -0.1) is 0 Å². The van der Waals surface area contributed by atoms with E-state index in [2.05, 4.69) is 0 Å². The summed E-state index contributed by atoms with van der Waals surface area (Å²) in [5, 5.41) is 0.0364. The van der Waals surface area contributed by atoms with Crippen molar-refractivity contribution in [2.24, 2.45) is 0 Å². The molecular weight excluding hydrogens is 231 g/mol.